The zero-order chi connectivity index (χ0) is 14.7. The third kappa shape index (κ3) is 3.99. The zero-order valence-electron chi connectivity index (χ0n) is 11.6. The maximum Gasteiger partial charge on any atom is 0.227 e. The van der Waals surface area contributed by atoms with Gasteiger partial charge in [-0.3, -0.25) is 4.79 Å². The summed E-state index contributed by atoms with van der Waals surface area (Å²) in [5.41, 5.74) is 2.98. The minimum atomic E-state index is 0.129. The number of carbonyl (C=O) groups is 1. The molecule has 1 amide bonds. The third-order valence-electron chi connectivity index (χ3n) is 3.49. The lowest BCUT2D eigenvalue weighted by atomic mass is 10.2. The summed E-state index contributed by atoms with van der Waals surface area (Å²) in [6.45, 7) is 0.719. The lowest BCUT2D eigenvalue weighted by Crippen LogP contribution is -2.13. The van der Waals surface area contributed by atoms with Gasteiger partial charge in [-0.1, -0.05) is 29.8 Å². The summed E-state index contributed by atoms with van der Waals surface area (Å²) >= 11 is 5.87. The van der Waals surface area contributed by atoms with Crippen LogP contribution in [0.1, 0.15) is 18.4 Å². The van der Waals surface area contributed by atoms with Crippen molar-refractivity contribution in [2.24, 2.45) is 5.92 Å². The number of carbonyl (C=O) groups excluding carboxylic acids is 1. The Kier molecular flexibility index (Phi) is 4.11. The number of benzene rings is 2. The molecule has 3 rings (SSSR count). The number of hydrogen-bond donors (Lipinski definition) is 2. The van der Waals surface area contributed by atoms with E-state index in [-0.39, 0.29) is 11.8 Å². The number of anilines is 2. The Balaban J connectivity index is 1.60. The molecular formula is C17H17ClN2O. The molecule has 0 bridgehead atoms. The number of rotatable bonds is 5. The highest BCUT2D eigenvalue weighted by molar-refractivity contribution is 6.30. The van der Waals surface area contributed by atoms with Crippen molar-refractivity contribution >= 4 is 28.9 Å². The van der Waals surface area contributed by atoms with Crippen LogP contribution in [0.5, 0.6) is 0 Å². The van der Waals surface area contributed by atoms with Gasteiger partial charge in [0.25, 0.3) is 0 Å². The van der Waals surface area contributed by atoms with Crippen molar-refractivity contribution in [1.29, 1.82) is 0 Å². The molecule has 2 aromatic carbocycles. The standard InChI is InChI=1S/C17H17ClN2O/c18-14-8-4-12(5-9-14)11-19-15-2-1-3-16(10-15)20-17(21)13-6-7-13/h1-5,8-10,13,19H,6-7,11H2,(H,20,21). The van der Waals surface area contributed by atoms with E-state index in [1.54, 1.807) is 0 Å². The van der Waals surface area contributed by atoms with Crippen LogP contribution in [0.3, 0.4) is 0 Å². The van der Waals surface area contributed by atoms with Crippen LogP contribution in [0, 0.1) is 5.92 Å². The van der Waals surface area contributed by atoms with Gasteiger partial charge in [-0.15, -0.1) is 0 Å². The SMILES string of the molecule is O=C(Nc1cccc(NCc2ccc(Cl)cc2)c1)C1CC1. The summed E-state index contributed by atoms with van der Waals surface area (Å²) in [6, 6.07) is 15.5. The molecule has 1 fully saturated rings. The molecule has 2 aromatic rings. The molecule has 0 atom stereocenters. The maximum absolute atomic E-state index is 11.8. The van der Waals surface area contributed by atoms with Crippen LogP contribution >= 0.6 is 11.6 Å². The van der Waals surface area contributed by atoms with Gasteiger partial charge in [0.05, 0.1) is 0 Å². The van der Waals surface area contributed by atoms with Gasteiger partial charge in [0, 0.05) is 28.9 Å². The van der Waals surface area contributed by atoms with Crippen LogP contribution < -0.4 is 10.6 Å². The fraction of sp³-hybridized carbons (Fsp3) is 0.235. The fourth-order valence-corrected chi connectivity index (χ4v) is 2.23. The van der Waals surface area contributed by atoms with E-state index in [1.165, 1.54) is 0 Å². The van der Waals surface area contributed by atoms with Gasteiger partial charge in [-0.2, -0.15) is 0 Å². The van der Waals surface area contributed by atoms with E-state index >= 15 is 0 Å². The molecule has 1 aliphatic rings. The molecule has 0 spiro atoms. The first-order chi connectivity index (χ1) is 10.2. The van der Waals surface area contributed by atoms with E-state index in [2.05, 4.69) is 10.6 Å². The maximum atomic E-state index is 11.8. The molecule has 0 aromatic heterocycles. The monoisotopic (exact) mass is 300 g/mol. The van der Waals surface area contributed by atoms with Crippen molar-refractivity contribution in [1.82, 2.24) is 0 Å². The smallest absolute Gasteiger partial charge is 0.227 e. The van der Waals surface area contributed by atoms with Crippen molar-refractivity contribution in [2.75, 3.05) is 10.6 Å². The van der Waals surface area contributed by atoms with Crippen LogP contribution in [0.15, 0.2) is 48.5 Å². The normalized spacial score (nSPS) is 13.8. The van der Waals surface area contributed by atoms with Gasteiger partial charge >= 0.3 is 0 Å². The topological polar surface area (TPSA) is 41.1 Å². The lowest BCUT2D eigenvalue weighted by molar-refractivity contribution is -0.117. The molecule has 21 heavy (non-hydrogen) atoms. The van der Waals surface area contributed by atoms with Crippen molar-refractivity contribution in [2.45, 2.75) is 19.4 Å². The van der Waals surface area contributed by atoms with Crippen LogP contribution in [0.25, 0.3) is 0 Å². The summed E-state index contributed by atoms with van der Waals surface area (Å²) in [6.07, 6.45) is 2.03. The first-order valence-corrected chi connectivity index (χ1v) is 7.48. The molecule has 0 unspecified atom stereocenters. The molecule has 0 saturated heterocycles. The Bertz CT molecular complexity index is 635. The lowest BCUT2D eigenvalue weighted by Gasteiger charge is -2.09. The highest BCUT2D eigenvalue weighted by Gasteiger charge is 2.29. The van der Waals surface area contributed by atoms with E-state index < -0.39 is 0 Å². The summed E-state index contributed by atoms with van der Waals surface area (Å²) in [4.78, 5) is 11.8. The Hall–Kier alpha value is -2.00. The summed E-state index contributed by atoms with van der Waals surface area (Å²) < 4.78 is 0. The van der Waals surface area contributed by atoms with Gasteiger partial charge in [0.15, 0.2) is 0 Å². The first-order valence-electron chi connectivity index (χ1n) is 7.10. The number of nitrogens with one attached hydrogen (secondary N) is 2. The van der Waals surface area contributed by atoms with E-state index in [0.29, 0.717) is 0 Å². The van der Waals surface area contributed by atoms with E-state index in [9.17, 15) is 4.79 Å². The Morgan fingerprint density at radius 3 is 2.52 bits per heavy atom. The summed E-state index contributed by atoms with van der Waals surface area (Å²) in [5, 5.41) is 7.04. The summed E-state index contributed by atoms with van der Waals surface area (Å²) in [7, 11) is 0. The predicted molar refractivity (Wildman–Crippen MR) is 86.6 cm³/mol. The minimum Gasteiger partial charge on any atom is -0.381 e. The predicted octanol–water partition coefficient (Wildman–Crippen LogP) is 4.30. The molecular weight excluding hydrogens is 284 g/mol. The van der Waals surface area contributed by atoms with Gasteiger partial charge in [-0.05, 0) is 48.7 Å². The molecule has 1 aliphatic carbocycles. The number of amides is 1. The molecule has 4 heteroatoms. The Morgan fingerprint density at radius 1 is 1.10 bits per heavy atom. The van der Waals surface area contributed by atoms with Gasteiger partial charge in [0.1, 0.15) is 0 Å². The average Bonchev–Trinajstić information content (AvgIpc) is 3.32. The van der Waals surface area contributed by atoms with Crippen molar-refractivity contribution in [3.8, 4) is 0 Å². The van der Waals surface area contributed by atoms with Crippen molar-refractivity contribution < 1.29 is 4.79 Å². The van der Waals surface area contributed by atoms with E-state index in [4.69, 9.17) is 11.6 Å². The second kappa shape index (κ2) is 6.19. The van der Waals surface area contributed by atoms with Gasteiger partial charge in [0.2, 0.25) is 5.91 Å². The van der Waals surface area contributed by atoms with Crippen molar-refractivity contribution in [3.05, 3.63) is 59.1 Å². The highest BCUT2D eigenvalue weighted by atomic mass is 35.5. The van der Waals surface area contributed by atoms with Crippen LogP contribution in [-0.2, 0) is 11.3 Å². The largest absolute Gasteiger partial charge is 0.381 e. The minimum absolute atomic E-state index is 0.129. The van der Waals surface area contributed by atoms with Gasteiger partial charge < -0.3 is 10.6 Å². The molecule has 0 aliphatic heterocycles. The summed E-state index contributed by atoms with van der Waals surface area (Å²) in [5.74, 6) is 0.348. The second-order valence-electron chi connectivity index (χ2n) is 5.32. The second-order valence-corrected chi connectivity index (χ2v) is 5.76. The number of hydrogen-bond acceptors (Lipinski definition) is 2. The Morgan fingerprint density at radius 2 is 1.81 bits per heavy atom. The Labute approximate surface area is 129 Å². The average molecular weight is 301 g/mol. The molecule has 3 nitrogen and oxygen atoms in total. The van der Waals surface area contributed by atoms with Gasteiger partial charge in [-0.25, -0.2) is 0 Å². The molecule has 0 heterocycles. The van der Waals surface area contributed by atoms with Crippen LogP contribution in [0.4, 0.5) is 11.4 Å². The van der Waals surface area contributed by atoms with E-state index in [0.717, 1.165) is 41.3 Å². The number of halogens is 1. The van der Waals surface area contributed by atoms with Crippen LogP contribution in [-0.4, -0.2) is 5.91 Å². The first kappa shape index (κ1) is 14.0. The quantitative estimate of drug-likeness (QED) is 0.864. The highest BCUT2D eigenvalue weighted by Crippen LogP contribution is 2.30. The molecule has 2 N–H and O–H groups in total. The molecule has 108 valence electrons. The van der Waals surface area contributed by atoms with Crippen LogP contribution in [0.2, 0.25) is 5.02 Å². The van der Waals surface area contributed by atoms with E-state index in [1.807, 2.05) is 48.5 Å². The molecule has 0 radical (unpaired) electrons. The van der Waals surface area contributed by atoms with Crippen molar-refractivity contribution in [3.63, 3.8) is 0 Å². The zero-order valence-corrected chi connectivity index (χ0v) is 12.4. The molecule has 1 saturated carbocycles. The fourth-order valence-electron chi connectivity index (χ4n) is 2.10. The third-order valence-corrected chi connectivity index (χ3v) is 3.74.